The highest BCUT2D eigenvalue weighted by Crippen LogP contribution is 2.24. The van der Waals surface area contributed by atoms with Crippen molar-refractivity contribution in [2.24, 2.45) is 0 Å². The van der Waals surface area contributed by atoms with Crippen LogP contribution < -0.4 is 10.6 Å². The molecular formula is C17H23N5O2S. The van der Waals surface area contributed by atoms with Gasteiger partial charge in [-0.05, 0) is 31.5 Å². The third-order valence-corrected chi connectivity index (χ3v) is 5.02. The van der Waals surface area contributed by atoms with Crippen molar-refractivity contribution < 1.29 is 9.53 Å². The number of nitrogens with zero attached hydrogens (tertiary/aromatic N) is 3. The molecule has 0 bridgehead atoms. The van der Waals surface area contributed by atoms with Crippen LogP contribution in [0.5, 0.6) is 0 Å². The number of ether oxygens (including phenoxy) is 1. The van der Waals surface area contributed by atoms with Crippen molar-refractivity contribution >= 4 is 22.5 Å². The summed E-state index contributed by atoms with van der Waals surface area (Å²) in [5, 5.41) is 8.25. The lowest BCUT2D eigenvalue weighted by Gasteiger charge is -2.24. The van der Waals surface area contributed by atoms with Gasteiger partial charge in [0, 0.05) is 49.6 Å². The van der Waals surface area contributed by atoms with Gasteiger partial charge in [0.1, 0.15) is 0 Å². The third kappa shape index (κ3) is 4.97. The maximum Gasteiger partial charge on any atom is 0.321 e. The topological polar surface area (TPSA) is 79.4 Å². The highest BCUT2D eigenvalue weighted by Gasteiger charge is 2.24. The molecule has 2 aromatic rings. The quantitative estimate of drug-likeness (QED) is 0.792. The lowest BCUT2D eigenvalue weighted by molar-refractivity contribution is 0.140. The van der Waals surface area contributed by atoms with E-state index in [1.165, 1.54) is 17.8 Å². The Bertz CT molecular complexity index is 679. The average molecular weight is 361 g/mol. The molecule has 7 nitrogen and oxygen atoms in total. The normalized spacial score (nSPS) is 17.6. The number of amides is 2. The maximum atomic E-state index is 12.1. The van der Waals surface area contributed by atoms with Gasteiger partial charge in [-0.15, -0.1) is 11.3 Å². The Labute approximate surface area is 151 Å². The summed E-state index contributed by atoms with van der Waals surface area (Å²) in [7, 11) is 1.71. The number of carbonyl (C=O) groups is 1. The fourth-order valence-electron chi connectivity index (χ4n) is 2.96. The molecule has 2 N–H and O–H groups in total. The Morgan fingerprint density at radius 3 is 3.24 bits per heavy atom. The Morgan fingerprint density at radius 1 is 1.52 bits per heavy atom. The monoisotopic (exact) mass is 361 g/mol. The summed E-state index contributed by atoms with van der Waals surface area (Å²) in [6, 6.07) is 3.97. The zero-order chi connectivity index (χ0) is 17.5. The van der Waals surface area contributed by atoms with Crippen LogP contribution in [0.1, 0.15) is 12.8 Å². The van der Waals surface area contributed by atoms with Crippen LogP contribution in [0, 0.1) is 0 Å². The van der Waals surface area contributed by atoms with E-state index in [9.17, 15) is 4.79 Å². The summed E-state index contributed by atoms with van der Waals surface area (Å²) in [5.41, 5.74) is 1.75. The van der Waals surface area contributed by atoms with E-state index in [1.807, 2.05) is 17.5 Å². The van der Waals surface area contributed by atoms with E-state index in [0.29, 0.717) is 17.7 Å². The number of nitrogens with one attached hydrogen (secondary N) is 2. The molecule has 0 aromatic carbocycles. The van der Waals surface area contributed by atoms with Crippen molar-refractivity contribution in [3.8, 4) is 11.3 Å². The van der Waals surface area contributed by atoms with Gasteiger partial charge in [0.2, 0.25) is 0 Å². The van der Waals surface area contributed by atoms with E-state index in [-0.39, 0.29) is 6.03 Å². The molecule has 1 saturated heterocycles. The highest BCUT2D eigenvalue weighted by molar-refractivity contribution is 7.14. The molecule has 25 heavy (non-hydrogen) atoms. The smallest absolute Gasteiger partial charge is 0.321 e. The summed E-state index contributed by atoms with van der Waals surface area (Å²) < 4.78 is 5.14. The molecule has 0 radical (unpaired) electrons. The standard InChI is InChI=1S/C17H23N5O2S/c1-24-9-8-22-7-3-5-14(22)11-19-16(23)21-17-20-15(12-25-17)13-4-2-6-18-10-13/h2,4,6,10,12,14H,3,5,7-9,11H2,1H3,(H2,19,20,21,23). The van der Waals surface area contributed by atoms with E-state index < -0.39 is 0 Å². The van der Waals surface area contributed by atoms with E-state index >= 15 is 0 Å². The van der Waals surface area contributed by atoms with Gasteiger partial charge in [-0.3, -0.25) is 15.2 Å². The zero-order valence-electron chi connectivity index (χ0n) is 14.3. The molecular weight excluding hydrogens is 338 g/mol. The fraction of sp³-hybridized carbons (Fsp3) is 0.471. The number of hydrogen-bond donors (Lipinski definition) is 2. The Balaban J connectivity index is 1.47. The Morgan fingerprint density at radius 2 is 2.44 bits per heavy atom. The van der Waals surface area contributed by atoms with E-state index in [4.69, 9.17) is 4.74 Å². The average Bonchev–Trinajstić information content (AvgIpc) is 3.28. The summed E-state index contributed by atoms with van der Waals surface area (Å²) in [4.78, 5) is 23.0. The Hall–Kier alpha value is -2.03. The summed E-state index contributed by atoms with van der Waals surface area (Å²) in [5.74, 6) is 0. The second-order valence-corrected chi connectivity index (χ2v) is 6.80. The van der Waals surface area contributed by atoms with Crippen LogP contribution in [0.3, 0.4) is 0 Å². The van der Waals surface area contributed by atoms with Gasteiger partial charge in [-0.1, -0.05) is 0 Å². The molecule has 1 unspecified atom stereocenters. The van der Waals surface area contributed by atoms with Crippen molar-refractivity contribution in [2.45, 2.75) is 18.9 Å². The minimum Gasteiger partial charge on any atom is -0.383 e. The van der Waals surface area contributed by atoms with E-state index in [0.717, 1.165) is 37.4 Å². The van der Waals surface area contributed by atoms with Crippen LogP contribution in [0.25, 0.3) is 11.3 Å². The van der Waals surface area contributed by atoms with Gasteiger partial charge in [-0.2, -0.15) is 0 Å². The van der Waals surface area contributed by atoms with Crippen molar-refractivity contribution in [3.63, 3.8) is 0 Å². The van der Waals surface area contributed by atoms with Crippen LogP contribution in [-0.2, 0) is 4.74 Å². The second-order valence-electron chi connectivity index (χ2n) is 5.94. The molecule has 0 saturated carbocycles. The zero-order valence-corrected chi connectivity index (χ0v) is 15.1. The molecule has 3 heterocycles. The van der Waals surface area contributed by atoms with Crippen molar-refractivity contribution in [1.29, 1.82) is 0 Å². The molecule has 2 aromatic heterocycles. The first kappa shape index (κ1) is 17.8. The number of urea groups is 1. The number of methoxy groups -OCH3 is 1. The van der Waals surface area contributed by atoms with E-state index in [2.05, 4.69) is 25.5 Å². The first-order chi connectivity index (χ1) is 12.3. The summed E-state index contributed by atoms with van der Waals surface area (Å²) >= 11 is 1.40. The highest BCUT2D eigenvalue weighted by atomic mass is 32.1. The minimum absolute atomic E-state index is 0.217. The molecule has 1 atom stereocenters. The number of hydrogen-bond acceptors (Lipinski definition) is 6. The predicted molar refractivity (Wildman–Crippen MR) is 98.8 cm³/mol. The number of anilines is 1. The van der Waals surface area contributed by atoms with Crippen molar-refractivity contribution in [3.05, 3.63) is 29.9 Å². The van der Waals surface area contributed by atoms with Gasteiger partial charge in [0.05, 0.1) is 12.3 Å². The predicted octanol–water partition coefficient (Wildman–Crippen LogP) is 2.44. The molecule has 1 fully saturated rings. The van der Waals surface area contributed by atoms with Gasteiger partial charge < -0.3 is 10.1 Å². The third-order valence-electron chi connectivity index (χ3n) is 4.26. The summed E-state index contributed by atoms with van der Waals surface area (Å²) in [6.45, 7) is 3.33. The van der Waals surface area contributed by atoms with Gasteiger partial charge in [-0.25, -0.2) is 9.78 Å². The molecule has 0 aliphatic carbocycles. The maximum absolute atomic E-state index is 12.1. The number of likely N-dealkylation sites (tertiary alicyclic amines) is 1. The van der Waals surface area contributed by atoms with Gasteiger partial charge in [0.25, 0.3) is 0 Å². The van der Waals surface area contributed by atoms with Crippen LogP contribution in [0.4, 0.5) is 9.93 Å². The molecule has 134 valence electrons. The number of carbonyl (C=O) groups excluding carboxylic acids is 1. The largest absolute Gasteiger partial charge is 0.383 e. The summed E-state index contributed by atoms with van der Waals surface area (Å²) in [6.07, 6.45) is 5.75. The Kier molecular flexibility index (Phi) is 6.32. The van der Waals surface area contributed by atoms with Crippen LogP contribution >= 0.6 is 11.3 Å². The molecule has 0 spiro atoms. The molecule has 3 rings (SSSR count). The molecule has 1 aliphatic heterocycles. The first-order valence-corrected chi connectivity index (χ1v) is 9.28. The number of pyridine rings is 1. The fourth-order valence-corrected chi connectivity index (χ4v) is 3.67. The van der Waals surface area contributed by atoms with Crippen molar-refractivity contribution in [2.75, 3.05) is 38.7 Å². The molecule has 8 heteroatoms. The van der Waals surface area contributed by atoms with Gasteiger partial charge in [0.15, 0.2) is 5.13 Å². The van der Waals surface area contributed by atoms with Crippen molar-refractivity contribution in [1.82, 2.24) is 20.2 Å². The van der Waals surface area contributed by atoms with Crippen LogP contribution in [0.15, 0.2) is 29.9 Å². The lowest BCUT2D eigenvalue weighted by Crippen LogP contribution is -2.42. The first-order valence-electron chi connectivity index (χ1n) is 8.40. The molecule has 2 amide bonds. The van der Waals surface area contributed by atoms with Crippen LogP contribution in [0.2, 0.25) is 0 Å². The second kappa shape index (κ2) is 8.89. The number of rotatable bonds is 7. The number of thiazole rings is 1. The van der Waals surface area contributed by atoms with Gasteiger partial charge >= 0.3 is 6.03 Å². The number of aromatic nitrogens is 2. The van der Waals surface area contributed by atoms with E-state index in [1.54, 1.807) is 19.5 Å². The van der Waals surface area contributed by atoms with Crippen LogP contribution in [-0.4, -0.2) is 60.3 Å². The minimum atomic E-state index is -0.217. The molecule has 1 aliphatic rings. The lowest BCUT2D eigenvalue weighted by atomic mass is 10.2. The SMILES string of the molecule is COCCN1CCCC1CNC(=O)Nc1nc(-c2cccnc2)cs1.